The summed E-state index contributed by atoms with van der Waals surface area (Å²) < 4.78 is 27.6. The molecular formula is C23H23N3O4S2. The van der Waals surface area contributed by atoms with Crippen LogP contribution in [0.15, 0.2) is 76.3 Å². The Kier molecular flexibility index (Phi) is 6.69. The number of rotatable bonds is 9. The summed E-state index contributed by atoms with van der Waals surface area (Å²) in [5.41, 5.74) is 1.66. The Morgan fingerprint density at radius 2 is 1.78 bits per heavy atom. The molecule has 2 amide bonds. The van der Waals surface area contributed by atoms with Crippen molar-refractivity contribution in [1.29, 1.82) is 0 Å². The van der Waals surface area contributed by atoms with Gasteiger partial charge in [-0.15, -0.1) is 11.3 Å². The van der Waals surface area contributed by atoms with Gasteiger partial charge in [-0.25, -0.2) is 8.42 Å². The van der Waals surface area contributed by atoms with Crippen LogP contribution >= 0.6 is 11.3 Å². The van der Waals surface area contributed by atoms with Gasteiger partial charge in [-0.3, -0.25) is 9.59 Å². The molecule has 32 heavy (non-hydrogen) atoms. The first-order chi connectivity index (χ1) is 15.4. The van der Waals surface area contributed by atoms with Crippen molar-refractivity contribution in [3.63, 3.8) is 0 Å². The Hall–Kier alpha value is -3.01. The zero-order valence-electron chi connectivity index (χ0n) is 17.2. The molecule has 2 N–H and O–H groups in total. The fourth-order valence-corrected chi connectivity index (χ4v) is 5.67. The maximum atomic E-state index is 13.1. The predicted molar refractivity (Wildman–Crippen MR) is 124 cm³/mol. The van der Waals surface area contributed by atoms with Gasteiger partial charge in [0, 0.05) is 23.8 Å². The number of carbonyl (C=O) groups is 2. The summed E-state index contributed by atoms with van der Waals surface area (Å²) in [7, 11) is -3.84. The highest BCUT2D eigenvalue weighted by atomic mass is 32.2. The maximum Gasteiger partial charge on any atom is 0.253 e. The monoisotopic (exact) mass is 469 g/mol. The van der Waals surface area contributed by atoms with Gasteiger partial charge >= 0.3 is 0 Å². The molecule has 0 radical (unpaired) electrons. The average Bonchev–Trinajstić information content (AvgIpc) is 3.41. The van der Waals surface area contributed by atoms with E-state index < -0.39 is 15.9 Å². The van der Waals surface area contributed by atoms with E-state index in [4.69, 9.17) is 0 Å². The Morgan fingerprint density at radius 1 is 1.00 bits per heavy atom. The van der Waals surface area contributed by atoms with Crippen LogP contribution in [0.5, 0.6) is 0 Å². The maximum absolute atomic E-state index is 13.1. The summed E-state index contributed by atoms with van der Waals surface area (Å²) in [4.78, 5) is 25.1. The normalized spacial score (nSPS) is 13.7. The first-order valence-electron chi connectivity index (χ1n) is 10.2. The topological polar surface area (TPSA) is 95.6 Å². The van der Waals surface area contributed by atoms with Crippen molar-refractivity contribution in [1.82, 2.24) is 9.62 Å². The van der Waals surface area contributed by atoms with Crippen molar-refractivity contribution in [2.24, 2.45) is 0 Å². The molecule has 1 heterocycles. The van der Waals surface area contributed by atoms with E-state index in [1.54, 1.807) is 35.7 Å². The van der Waals surface area contributed by atoms with Crippen molar-refractivity contribution >= 4 is 38.9 Å². The van der Waals surface area contributed by atoms with Gasteiger partial charge in [0.15, 0.2) is 0 Å². The van der Waals surface area contributed by atoms with Gasteiger partial charge in [-0.05, 0) is 48.1 Å². The third-order valence-corrected chi connectivity index (χ3v) is 8.10. The minimum atomic E-state index is -3.84. The van der Waals surface area contributed by atoms with E-state index in [0.717, 1.165) is 34.0 Å². The van der Waals surface area contributed by atoms with Crippen LogP contribution in [0.1, 0.15) is 28.8 Å². The number of anilines is 1. The van der Waals surface area contributed by atoms with E-state index in [2.05, 4.69) is 10.6 Å². The van der Waals surface area contributed by atoms with E-state index in [1.165, 1.54) is 6.07 Å². The molecule has 1 fully saturated rings. The molecule has 0 atom stereocenters. The van der Waals surface area contributed by atoms with Crippen LogP contribution < -0.4 is 10.6 Å². The molecule has 3 aromatic rings. The Balaban J connectivity index is 1.49. The number of nitrogens with zero attached hydrogens (tertiary/aromatic N) is 1. The van der Waals surface area contributed by atoms with Gasteiger partial charge in [-0.2, -0.15) is 4.31 Å². The van der Waals surface area contributed by atoms with Crippen molar-refractivity contribution in [3.8, 4) is 0 Å². The molecule has 166 valence electrons. The summed E-state index contributed by atoms with van der Waals surface area (Å²) in [6.45, 7) is -0.286. The van der Waals surface area contributed by atoms with Crippen molar-refractivity contribution < 1.29 is 18.0 Å². The van der Waals surface area contributed by atoms with Gasteiger partial charge in [0.2, 0.25) is 5.91 Å². The van der Waals surface area contributed by atoms with Gasteiger partial charge in [0.1, 0.15) is 4.21 Å². The molecule has 4 rings (SSSR count). The number of amides is 2. The number of hydrogen-bond acceptors (Lipinski definition) is 5. The third kappa shape index (κ3) is 5.61. The van der Waals surface area contributed by atoms with Crippen LogP contribution in [0, 0.1) is 0 Å². The van der Waals surface area contributed by atoms with Crippen LogP contribution in [0.2, 0.25) is 0 Å². The molecule has 0 spiro atoms. The molecule has 1 aromatic heterocycles. The molecule has 2 aromatic carbocycles. The van der Waals surface area contributed by atoms with Crippen LogP contribution in [-0.4, -0.2) is 37.1 Å². The Labute approximate surface area is 191 Å². The minimum absolute atomic E-state index is 0.0678. The summed E-state index contributed by atoms with van der Waals surface area (Å²) >= 11 is 1.11. The predicted octanol–water partition coefficient (Wildman–Crippen LogP) is 3.47. The average molecular weight is 470 g/mol. The van der Waals surface area contributed by atoms with Crippen LogP contribution in [0.3, 0.4) is 0 Å². The standard InChI is InChI=1S/C23H23N3O4S2/c27-21(24-20-9-4-8-18(14-20)23(28)25-19-11-12-19)16-26(15-17-6-2-1-3-7-17)32(29,30)22-10-5-13-31-22/h1-10,13-14,19H,11-12,15-16H2,(H,24,27)(H,25,28). The summed E-state index contributed by atoms with van der Waals surface area (Å²) in [5.74, 6) is -0.671. The molecule has 0 unspecified atom stereocenters. The second-order valence-electron chi connectivity index (χ2n) is 7.57. The number of benzene rings is 2. The van der Waals surface area contributed by atoms with Crippen LogP contribution in [0.25, 0.3) is 0 Å². The SMILES string of the molecule is O=C(CN(Cc1ccccc1)S(=O)(=O)c1cccs1)Nc1cccc(C(=O)NC2CC2)c1. The minimum Gasteiger partial charge on any atom is -0.349 e. The van der Waals surface area contributed by atoms with E-state index >= 15 is 0 Å². The first kappa shape index (κ1) is 22.2. The summed E-state index contributed by atoms with van der Waals surface area (Å²) in [6.07, 6.45) is 1.97. The van der Waals surface area contributed by atoms with E-state index in [1.807, 2.05) is 30.3 Å². The highest BCUT2D eigenvalue weighted by Gasteiger charge is 2.28. The zero-order chi connectivity index (χ0) is 22.6. The Morgan fingerprint density at radius 3 is 2.47 bits per heavy atom. The fraction of sp³-hybridized carbons (Fsp3) is 0.217. The summed E-state index contributed by atoms with van der Waals surface area (Å²) in [5, 5.41) is 7.31. The lowest BCUT2D eigenvalue weighted by Gasteiger charge is -2.21. The highest BCUT2D eigenvalue weighted by Crippen LogP contribution is 2.23. The van der Waals surface area contributed by atoms with Gasteiger partial charge < -0.3 is 10.6 Å². The first-order valence-corrected chi connectivity index (χ1v) is 12.5. The lowest BCUT2D eigenvalue weighted by Crippen LogP contribution is -2.37. The van der Waals surface area contributed by atoms with Gasteiger partial charge in [0.05, 0.1) is 6.54 Å². The quantitative estimate of drug-likeness (QED) is 0.502. The second kappa shape index (κ2) is 9.64. The molecule has 7 nitrogen and oxygen atoms in total. The zero-order valence-corrected chi connectivity index (χ0v) is 18.9. The van der Waals surface area contributed by atoms with Crippen LogP contribution in [-0.2, 0) is 21.4 Å². The van der Waals surface area contributed by atoms with E-state index in [9.17, 15) is 18.0 Å². The van der Waals surface area contributed by atoms with Gasteiger partial charge in [0.25, 0.3) is 15.9 Å². The third-order valence-electron chi connectivity index (χ3n) is 4.93. The number of carbonyl (C=O) groups excluding carboxylic acids is 2. The lowest BCUT2D eigenvalue weighted by molar-refractivity contribution is -0.116. The molecule has 9 heteroatoms. The molecule has 1 aliphatic carbocycles. The smallest absolute Gasteiger partial charge is 0.253 e. The number of sulfonamides is 1. The van der Waals surface area contributed by atoms with E-state index in [-0.39, 0.29) is 29.2 Å². The Bertz CT molecular complexity index is 1190. The van der Waals surface area contributed by atoms with Gasteiger partial charge in [-0.1, -0.05) is 42.5 Å². The van der Waals surface area contributed by atoms with Crippen molar-refractivity contribution in [2.75, 3.05) is 11.9 Å². The number of thiophene rings is 1. The molecule has 0 saturated heterocycles. The molecule has 1 saturated carbocycles. The number of hydrogen-bond donors (Lipinski definition) is 2. The second-order valence-corrected chi connectivity index (χ2v) is 10.7. The summed E-state index contributed by atoms with van der Waals surface area (Å²) in [6, 6.07) is 19.2. The van der Waals surface area contributed by atoms with Crippen molar-refractivity contribution in [3.05, 3.63) is 83.2 Å². The molecule has 0 aliphatic heterocycles. The molecule has 1 aliphatic rings. The molecular weight excluding hydrogens is 446 g/mol. The number of nitrogens with one attached hydrogen (secondary N) is 2. The van der Waals surface area contributed by atoms with Crippen LogP contribution in [0.4, 0.5) is 5.69 Å². The highest BCUT2D eigenvalue weighted by molar-refractivity contribution is 7.91. The molecule has 0 bridgehead atoms. The lowest BCUT2D eigenvalue weighted by atomic mass is 10.2. The van der Waals surface area contributed by atoms with E-state index in [0.29, 0.717) is 11.3 Å². The largest absolute Gasteiger partial charge is 0.349 e. The van der Waals surface area contributed by atoms with Crippen molar-refractivity contribution in [2.45, 2.75) is 29.6 Å². The fourth-order valence-electron chi connectivity index (χ4n) is 3.15.